The van der Waals surface area contributed by atoms with Gasteiger partial charge in [-0.15, -0.1) is 0 Å². The minimum Gasteiger partial charge on any atom is -0.0622 e. The van der Waals surface area contributed by atoms with E-state index in [1.807, 2.05) is 0 Å². The van der Waals surface area contributed by atoms with Crippen LogP contribution >= 0.6 is 29.8 Å². The van der Waals surface area contributed by atoms with Crippen molar-refractivity contribution in [3.63, 3.8) is 0 Å². The lowest BCUT2D eigenvalue weighted by Crippen LogP contribution is -2.19. The highest BCUT2D eigenvalue weighted by Gasteiger charge is 2.40. The highest BCUT2D eigenvalue weighted by atomic mass is 32.8. The zero-order chi connectivity index (χ0) is 27.0. The maximum atomic E-state index is 2.38. The molecule has 0 aliphatic rings. The highest BCUT2D eigenvalue weighted by molar-refractivity contribution is 8.89. The average Bonchev–Trinajstić information content (AvgIpc) is 3.04. The molecule has 0 heterocycles. The molecule has 0 aliphatic heterocycles. The van der Waals surface area contributed by atoms with Crippen molar-refractivity contribution in [1.82, 2.24) is 0 Å². The fourth-order valence-electron chi connectivity index (χ4n) is 4.75. The Kier molecular flexibility index (Phi) is 9.26. The van der Waals surface area contributed by atoms with Crippen LogP contribution in [-0.2, 0) is 0 Å². The van der Waals surface area contributed by atoms with Crippen LogP contribution in [0.25, 0.3) is 0 Å². The fraction of sp³-hybridized carbons (Fsp3) is 0. The lowest BCUT2D eigenvalue weighted by molar-refractivity contribution is 1.75. The standard InChI is InChI=1S/C36H30P4/c1-7-19-31(20-8-1)37(32-21-9-2-10-22-32)40(38(33-23-11-3-12-24-33)34-25-13-4-14-26-34)39(35-27-15-5-16-28-35)36-29-17-6-18-30-36/h1-30H. The van der Waals surface area contributed by atoms with Gasteiger partial charge in [0.05, 0.1) is 0 Å². The smallest absolute Gasteiger partial charge is 0.00345 e. The summed E-state index contributed by atoms with van der Waals surface area (Å²) < 4.78 is 0. The number of hydrogen-bond acceptors (Lipinski definition) is 0. The first-order valence-electron chi connectivity index (χ1n) is 13.4. The predicted molar refractivity (Wildman–Crippen MR) is 184 cm³/mol. The third-order valence-electron chi connectivity index (χ3n) is 6.54. The van der Waals surface area contributed by atoms with Gasteiger partial charge in [0.15, 0.2) is 0 Å². The van der Waals surface area contributed by atoms with E-state index in [-0.39, 0.29) is 0 Å². The first-order valence-corrected chi connectivity index (χ1v) is 20.9. The van der Waals surface area contributed by atoms with Gasteiger partial charge in [0.2, 0.25) is 0 Å². The molecule has 0 nitrogen and oxygen atoms in total. The average molecular weight is 587 g/mol. The number of rotatable bonds is 9. The molecule has 6 aromatic rings. The minimum absolute atomic E-state index is 0.614. The Morgan fingerprint density at radius 2 is 0.350 bits per heavy atom. The van der Waals surface area contributed by atoms with Gasteiger partial charge in [-0.25, -0.2) is 0 Å². The summed E-state index contributed by atoms with van der Waals surface area (Å²) in [5.41, 5.74) is 0. The summed E-state index contributed by atoms with van der Waals surface area (Å²) in [5.74, 6) is 0. The molecule has 0 radical (unpaired) electrons. The Balaban J connectivity index is 1.69. The van der Waals surface area contributed by atoms with Crippen LogP contribution in [0, 0.1) is 0 Å². The van der Waals surface area contributed by atoms with E-state index in [1.165, 1.54) is 31.8 Å². The van der Waals surface area contributed by atoms with Crippen molar-refractivity contribution in [2.75, 3.05) is 0 Å². The Labute approximate surface area is 242 Å². The van der Waals surface area contributed by atoms with Crippen LogP contribution in [0.1, 0.15) is 0 Å². The van der Waals surface area contributed by atoms with E-state index in [9.17, 15) is 0 Å². The second kappa shape index (κ2) is 13.6. The van der Waals surface area contributed by atoms with Crippen LogP contribution in [0.3, 0.4) is 0 Å². The van der Waals surface area contributed by atoms with Crippen LogP contribution in [0.4, 0.5) is 0 Å². The molecule has 4 heteroatoms. The van der Waals surface area contributed by atoms with Gasteiger partial charge in [-0.3, -0.25) is 0 Å². The highest BCUT2D eigenvalue weighted by Crippen LogP contribution is 2.97. The van der Waals surface area contributed by atoms with E-state index >= 15 is 0 Å². The van der Waals surface area contributed by atoms with Crippen molar-refractivity contribution in [2.24, 2.45) is 0 Å². The lowest BCUT2D eigenvalue weighted by atomic mass is 10.4. The fourth-order valence-corrected chi connectivity index (χ4v) is 33.9. The molecular formula is C36H30P4. The zero-order valence-electron chi connectivity index (χ0n) is 22.1. The molecule has 0 aliphatic carbocycles. The summed E-state index contributed by atoms with van der Waals surface area (Å²) in [6, 6.07) is 68.1. The summed E-state index contributed by atoms with van der Waals surface area (Å²) in [4.78, 5) is 0. The predicted octanol–water partition coefficient (Wildman–Crippen LogP) is 8.61. The Morgan fingerprint density at radius 1 is 0.200 bits per heavy atom. The molecule has 0 atom stereocenters. The topological polar surface area (TPSA) is 0 Å². The van der Waals surface area contributed by atoms with E-state index in [1.54, 1.807) is 0 Å². The van der Waals surface area contributed by atoms with Crippen molar-refractivity contribution >= 4 is 61.6 Å². The van der Waals surface area contributed by atoms with Crippen LogP contribution in [0.15, 0.2) is 182 Å². The van der Waals surface area contributed by atoms with Gasteiger partial charge in [-0.1, -0.05) is 182 Å². The molecule has 0 amide bonds. The zero-order valence-corrected chi connectivity index (χ0v) is 25.7. The van der Waals surface area contributed by atoms with Gasteiger partial charge in [0.1, 0.15) is 0 Å². The van der Waals surface area contributed by atoms with Gasteiger partial charge >= 0.3 is 0 Å². The van der Waals surface area contributed by atoms with Crippen molar-refractivity contribution in [2.45, 2.75) is 0 Å². The van der Waals surface area contributed by atoms with Gasteiger partial charge in [0.25, 0.3) is 0 Å². The van der Waals surface area contributed by atoms with E-state index in [2.05, 4.69) is 182 Å². The first-order chi connectivity index (χ1) is 19.9. The van der Waals surface area contributed by atoms with Gasteiger partial charge in [0, 0.05) is 0 Å². The van der Waals surface area contributed by atoms with E-state index in [0.717, 1.165) is 0 Å². The van der Waals surface area contributed by atoms with Gasteiger partial charge < -0.3 is 0 Å². The monoisotopic (exact) mass is 586 g/mol. The lowest BCUT2D eigenvalue weighted by Gasteiger charge is -2.41. The molecule has 0 spiro atoms. The van der Waals surface area contributed by atoms with Crippen LogP contribution in [0.2, 0.25) is 0 Å². The largest absolute Gasteiger partial charge is 0.0622 e. The molecule has 0 unspecified atom stereocenters. The molecule has 0 aromatic heterocycles. The van der Waals surface area contributed by atoms with Gasteiger partial charge in [-0.2, -0.15) is 0 Å². The second-order valence-corrected chi connectivity index (χ2v) is 24.8. The summed E-state index contributed by atoms with van der Waals surface area (Å²) in [7, 11) is -2.00. The third-order valence-corrected chi connectivity index (χ3v) is 29.4. The normalized spacial score (nSPS) is 11.4. The number of benzene rings is 6. The molecule has 0 fully saturated rings. The quantitative estimate of drug-likeness (QED) is 0.149. The number of hydrogen-bond donors (Lipinski definition) is 0. The Morgan fingerprint density at radius 3 is 0.500 bits per heavy atom. The summed E-state index contributed by atoms with van der Waals surface area (Å²) in [6.07, 6.45) is 0. The van der Waals surface area contributed by atoms with E-state index in [4.69, 9.17) is 0 Å². The van der Waals surface area contributed by atoms with Crippen molar-refractivity contribution in [1.29, 1.82) is 0 Å². The van der Waals surface area contributed by atoms with E-state index < -0.39 is 29.8 Å². The molecular weight excluding hydrogens is 556 g/mol. The van der Waals surface area contributed by atoms with Crippen molar-refractivity contribution in [3.8, 4) is 0 Å². The summed E-state index contributed by atoms with van der Waals surface area (Å²) >= 11 is 0. The molecule has 194 valence electrons. The van der Waals surface area contributed by atoms with Crippen LogP contribution in [0.5, 0.6) is 0 Å². The molecule has 40 heavy (non-hydrogen) atoms. The Hall–Kier alpha value is -2.96. The maximum absolute atomic E-state index is 2.38. The van der Waals surface area contributed by atoms with Crippen LogP contribution in [-0.4, -0.2) is 0 Å². The van der Waals surface area contributed by atoms with E-state index in [0.29, 0.717) is 0 Å². The first kappa shape index (κ1) is 27.2. The summed E-state index contributed by atoms with van der Waals surface area (Å²) in [6.45, 7) is -0.614. The maximum Gasteiger partial charge on any atom is -0.00345 e. The van der Waals surface area contributed by atoms with Crippen molar-refractivity contribution in [3.05, 3.63) is 182 Å². The molecule has 0 bridgehead atoms. The molecule has 0 saturated carbocycles. The third kappa shape index (κ3) is 6.18. The summed E-state index contributed by atoms with van der Waals surface area (Å²) in [5, 5.41) is 8.80. The minimum atomic E-state index is -0.665. The second-order valence-electron chi connectivity index (χ2n) is 9.22. The van der Waals surface area contributed by atoms with Gasteiger partial charge in [-0.05, 0) is 61.6 Å². The van der Waals surface area contributed by atoms with Crippen LogP contribution < -0.4 is 31.8 Å². The van der Waals surface area contributed by atoms with Crippen molar-refractivity contribution < 1.29 is 0 Å². The molecule has 6 aromatic carbocycles. The SMILES string of the molecule is c1ccc(P(c2ccccc2)P(P(c2ccccc2)c2ccccc2)P(c2ccccc2)c2ccccc2)cc1. The molecule has 6 rings (SSSR count). The molecule has 0 N–H and O–H groups in total. The molecule has 0 saturated heterocycles. The Bertz CT molecular complexity index is 1260.